The average Bonchev–Trinajstić information content (AvgIpc) is 2.86. The lowest BCUT2D eigenvalue weighted by Gasteiger charge is -2.16. The maximum atomic E-state index is 5.58. The summed E-state index contributed by atoms with van der Waals surface area (Å²) in [6, 6.07) is 0.274. The van der Waals surface area contributed by atoms with Crippen LogP contribution in [0.4, 0.5) is 0 Å². The van der Waals surface area contributed by atoms with Crippen molar-refractivity contribution < 1.29 is 9.26 Å². The van der Waals surface area contributed by atoms with Crippen LogP contribution in [0.1, 0.15) is 42.8 Å². The Hall–Kier alpha value is -0.870. The number of nitrogens with one attached hydrogen (secondary N) is 1. The molecule has 1 aliphatic heterocycles. The van der Waals surface area contributed by atoms with Crippen LogP contribution in [0.5, 0.6) is 0 Å². The first kappa shape index (κ1) is 11.6. The molecule has 2 rings (SSSR count). The maximum absolute atomic E-state index is 5.58. The van der Waals surface area contributed by atoms with Crippen molar-refractivity contribution in [1.82, 2.24) is 10.5 Å². The Morgan fingerprint density at radius 1 is 1.50 bits per heavy atom. The van der Waals surface area contributed by atoms with Gasteiger partial charge in [0.2, 0.25) is 0 Å². The van der Waals surface area contributed by atoms with E-state index < -0.39 is 0 Å². The zero-order valence-corrected chi connectivity index (χ0v) is 10.2. The third-order valence-electron chi connectivity index (χ3n) is 3.20. The summed E-state index contributed by atoms with van der Waals surface area (Å²) in [6.07, 6.45) is 2.73. The van der Waals surface area contributed by atoms with Crippen molar-refractivity contribution in [3.63, 3.8) is 0 Å². The molecule has 4 heteroatoms. The minimum atomic E-state index is 0.274. The van der Waals surface area contributed by atoms with Crippen LogP contribution in [0.25, 0.3) is 0 Å². The zero-order valence-electron chi connectivity index (χ0n) is 10.2. The smallest absolute Gasteiger partial charge is 0.138 e. The predicted molar refractivity (Wildman–Crippen MR) is 61.4 cm³/mol. The fraction of sp³-hybridized carbons (Fsp3) is 0.750. The van der Waals surface area contributed by atoms with Gasteiger partial charge in [-0.1, -0.05) is 5.16 Å². The van der Waals surface area contributed by atoms with Gasteiger partial charge in [-0.25, -0.2) is 0 Å². The molecule has 16 heavy (non-hydrogen) atoms. The summed E-state index contributed by atoms with van der Waals surface area (Å²) in [6.45, 7) is 7.90. The SMILES string of the molecule is Cc1noc(C)c1C(C)NCC1CCCO1. The molecule has 0 amide bonds. The number of aromatic nitrogens is 1. The highest BCUT2D eigenvalue weighted by atomic mass is 16.5. The van der Waals surface area contributed by atoms with Crippen LogP contribution in [-0.2, 0) is 4.74 Å². The number of rotatable bonds is 4. The summed E-state index contributed by atoms with van der Waals surface area (Å²) in [5, 5.41) is 7.45. The molecule has 1 aromatic rings. The summed E-state index contributed by atoms with van der Waals surface area (Å²) in [5.74, 6) is 0.907. The quantitative estimate of drug-likeness (QED) is 0.851. The van der Waals surface area contributed by atoms with Gasteiger partial charge < -0.3 is 14.6 Å². The highest BCUT2D eigenvalue weighted by molar-refractivity contribution is 5.24. The third-order valence-corrected chi connectivity index (χ3v) is 3.20. The number of aryl methyl sites for hydroxylation is 2. The zero-order chi connectivity index (χ0) is 11.5. The van der Waals surface area contributed by atoms with E-state index in [0.29, 0.717) is 6.10 Å². The minimum absolute atomic E-state index is 0.274. The number of hydrogen-bond donors (Lipinski definition) is 1. The van der Waals surface area contributed by atoms with Gasteiger partial charge in [-0.15, -0.1) is 0 Å². The summed E-state index contributed by atoms with van der Waals surface area (Å²) in [7, 11) is 0. The number of ether oxygens (including phenoxy) is 1. The van der Waals surface area contributed by atoms with E-state index in [9.17, 15) is 0 Å². The van der Waals surface area contributed by atoms with Crippen molar-refractivity contribution in [2.24, 2.45) is 0 Å². The van der Waals surface area contributed by atoms with Crippen molar-refractivity contribution in [3.05, 3.63) is 17.0 Å². The van der Waals surface area contributed by atoms with Gasteiger partial charge in [0.1, 0.15) is 5.76 Å². The molecule has 1 aromatic heterocycles. The Balaban J connectivity index is 1.89. The lowest BCUT2D eigenvalue weighted by molar-refractivity contribution is 0.108. The molecule has 2 unspecified atom stereocenters. The van der Waals surface area contributed by atoms with Crippen LogP contribution in [0.2, 0.25) is 0 Å². The highest BCUT2D eigenvalue weighted by Crippen LogP contribution is 2.21. The Bertz CT molecular complexity index is 323. The standard InChI is InChI=1S/C12H20N2O2/c1-8(12-9(2)14-16-10(12)3)13-7-11-5-4-6-15-11/h8,11,13H,4-7H2,1-3H3. The first-order chi connectivity index (χ1) is 7.68. The summed E-state index contributed by atoms with van der Waals surface area (Å²) >= 11 is 0. The molecular weight excluding hydrogens is 204 g/mol. The molecule has 0 radical (unpaired) electrons. The fourth-order valence-electron chi connectivity index (χ4n) is 2.32. The molecule has 1 aliphatic rings. The van der Waals surface area contributed by atoms with Crippen LogP contribution in [0, 0.1) is 13.8 Å². The van der Waals surface area contributed by atoms with Crippen molar-refractivity contribution >= 4 is 0 Å². The van der Waals surface area contributed by atoms with Gasteiger partial charge in [0.15, 0.2) is 0 Å². The summed E-state index contributed by atoms with van der Waals surface area (Å²) in [4.78, 5) is 0. The van der Waals surface area contributed by atoms with Gasteiger partial charge in [0.05, 0.1) is 11.8 Å². The average molecular weight is 224 g/mol. The molecule has 0 aliphatic carbocycles. The van der Waals surface area contributed by atoms with Gasteiger partial charge in [-0.2, -0.15) is 0 Å². The number of nitrogens with zero attached hydrogens (tertiary/aromatic N) is 1. The lowest BCUT2D eigenvalue weighted by Crippen LogP contribution is -2.29. The normalized spacial score (nSPS) is 22.6. The molecule has 0 spiro atoms. The second-order valence-corrected chi connectivity index (χ2v) is 4.50. The van der Waals surface area contributed by atoms with Gasteiger partial charge in [0, 0.05) is 24.8 Å². The molecule has 4 nitrogen and oxygen atoms in total. The largest absolute Gasteiger partial charge is 0.377 e. The second-order valence-electron chi connectivity index (χ2n) is 4.50. The molecule has 1 saturated heterocycles. The summed E-state index contributed by atoms with van der Waals surface area (Å²) in [5.41, 5.74) is 2.16. The first-order valence-electron chi connectivity index (χ1n) is 5.96. The van der Waals surface area contributed by atoms with Gasteiger partial charge >= 0.3 is 0 Å². The maximum Gasteiger partial charge on any atom is 0.138 e. The van der Waals surface area contributed by atoms with Crippen LogP contribution >= 0.6 is 0 Å². The van der Waals surface area contributed by atoms with E-state index in [1.807, 2.05) is 13.8 Å². The molecule has 1 N–H and O–H groups in total. The Kier molecular flexibility index (Phi) is 3.61. The lowest BCUT2D eigenvalue weighted by atomic mass is 10.1. The molecule has 90 valence electrons. The Morgan fingerprint density at radius 3 is 2.88 bits per heavy atom. The van der Waals surface area contributed by atoms with E-state index in [1.54, 1.807) is 0 Å². The topological polar surface area (TPSA) is 47.3 Å². The van der Waals surface area contributed by atoms with E-state index in [1.165, 1.54) is 18.4 Å². The first-order valence-corrected chi connectivity index (χ1v) is 5.96. The molecule has 0 aromatic carbocycles. The third kappa shape index (κ3) is 2.44. The van der Waals surface area contributed by atoms with Crippen molar-refractivity contribution in [2.75, 3.05) is 13.2 Å². The summed E-state index contributed by atoms with van der Waals surface area (Å²) < 4.78 is 10.7. The van der Waals surface area contributed by atoms with E-state index >= 15 is 0 Å². The molecule has 1 fully saturated rings. The van der Waals surface area contributed by atoms with Gasteiger partial charge in [0.25, 0.3) is 0 Å². The van der Waals surface area contributed by atoms with Crippen molar-refractivity contribution in [3.8, 4) is 0 Å². The molecule has 2 atom stereocenters. The van der Waals surface area contributed by atoms with E-state index in [2.05, 4.69) is 17.4 Å². The Morgan fingerprint density at radius 2 is 2.31 bits per heavy atom. The predicted octanol–water partition coefficient (Wildman–Crippen LogP) is 2.12. The van der Waals surface area contributed by atoms with Crippen LogP contribution < -0.4 is 5.32 Å². The van der Waals surface area contributed by atoms with Crippen molar-refractivity contribution in [2.45, 2.75) is 45.8 Å². The fourth-order valence-corrected chi connectivity index (χ4v) is 2.32. The van der Waals surface area contributed by atoms with Gasteiger partial charge in [-0.3, -0.25) is 0 Å². The highest BCUT2D eigenvalue weighted by Gasteiger charge is 2.19. The minimum Gasteiger partial charge on any atom is -0.377 e. The Labute approximate surface area is 96.3 Å². The van der Waals surface area contributed by atoms with Crippen LogP contribution in [-0.4, -0.2) is 24.4 Å². The van der Waals surface area contributed by atoms with Crippen molar-refractivity contribution in [1.29, 1.82) is 0 Å². The van der Waals surface area contributed by atoms with Crippen LogP contribution in [0.3, 0.4) is 0 Å². The van der Waals surface area contributed by atoms with Gasteiger partial charge in [-0.05, 0) is 33.6 Å². The second kappa shape index (κ2) is 4.97. The molecule has 0 saturated carbocycles. The van der Waals surface area contributed by atoms with Crippen LogP contribution in [0.15, 0.2) is 4.52 Å². The van der Waals surface area contributed by atoms with E-state index in [0.717, 1.165) is 24.6 Å². The number of hydrogen-bond acceptors (Lipinski definition) is 4. The molecular formula is C12H20N2O2. The van der Waals surface area contributed by atoms with E-state index in [-0.39, 0.29) is 6.04 Å². The monoisotopic (exact) mass is 224 g/mol. The van der Waals surface area contributed by atoms with E-state index in [4.69, 9.17) is 9.26 Å². The molecule has 2 heterocycles. The molecule has 0 bridgehead atoms.